The number of hydrogen-bond acceptors (Lipinski definition) is 10. The molecule has 6 N–H and O–H groups in total. The average Bonchev–Trinajstić information content (AvgIpc) is 3.12. The van der Waals surface area contributed by atoms with Gasteiger partial charge in [-0.1, -0.05) is 141 Å². The first-order valence-corrected chi connectivity index (χ1v) is 22.1. The zero-order chi connectivity index (χ0) is 39.2. The standard InChI is InChI=1S/C40H75NO11S/c1-3-5-7-9-11-13-15-16-17-18-20-22-24-26-28-30-36(44)41-33(34(43)29-27-25-23-21-19-14-12-10-8-6-4-2)32-50-40-38(46)39(52-53(47,48)49)37(45)35(31-42)51-40/h13,15,27,29,33-35,37-40,42-43,45-46H,3-12,14,16-26,28,30-32H2,1-2H3,(H,41,44)(H,47,48,49)/b15-13-,29-27+. The number of nitrogens with one attached hydrogen (secondary N) is 1. The van der Waals surface area contributed by atoms with Crippen LogP contribution in [0.15, 0.2) is 24.3 Å². The summed E-state index contributed by atoms with van der Waals surface area (Å²) in [5.41, 5.74) is 0. The van der Waals surface area contributed by atoms with Crippen LogP contribution in [0.25, 0.3) is 0 Å². The molecule has 0 spiro atoms. The highest BCUT2D eigenvalue weighted by Gasteiger charge is 2.48. The molecule has 7 unspecified atom stereocenters. The number of ether oxygens (including phenoxy) is 2. The molecule has 1 saturated heterocycles. The van der Waals surface area contributed by atoms with Gasteiger partial charge in [0.25, 0.3) is 0 Å². The van der Waals surface area contributed by atoms with Crippen LogP contribution in [0.4, 0.5) is 0 Å². The molecule has 12 nitrogen and oxygen atoms in total. The molecule has 1 aliphatic rings. The third kappa shape index (κ3) is 25.4. The predicted octanol–water partition coefficient (Wildman–Crippen LogP) is 6.99. The van der Waals surface area contributed by atoms with Gasteiger partial charge in [-0.05, 0) is 44.9 Å². The fraction of sp³-hybridized carbons (Fsp3) is 0.875. The summed E-state index contributed by atoms with van der Waals surface area (Å²) >= 11 is 0. The van der Waals surface area contributed by atoms with E-state index in [2.05, 4.69) is 35.5 Å². The molecular weight excluding hydrogens is 703 g/mol. The van der Waals surface area contributed by atoms with Crippen LogP contribution in [-0.2, 0) is 28.9 Å². The first-order valence-electron chi connectivity index (χ1n) is 20.7. The number of aliphatic hydroxyl groups is 4. The van der Waals surface area contributed by atoms with Crippen LogP contribution in [-0.4, -0.2) is 95.4 Å². The number of carbonyl (C=O) groups is 1. The molecular formula is C40H75NO11S. The highest BCUT2D eigenvalue weighted by molar-refractivity contribution is 7.80. The van der Waals surface area contributed by atoms with Gasteiger partial charge in [-0.15, -0.1) is 0 Å². The lowest BCUT2D eigenvalue weighted by Crippen LogP contribution is -2.61. The molecule has 0 aromatic rings. The van der Waals surface area contributed by atoms with Crippen LogP contribution in [0, 0.1) is 0 Å². The lowest BCUT2D eigenvalue weighted by atomic mass is 9.99. The summed E-state index contributed by atoms with van der Waals surface area (Å²) in [5, 5.41) is 44.5. The molecule has 0 aromatic carbocycles. The molecule has 1 fully saturated rings. The van der Waals surface area contributed by atoms with Crippen molar-refractivity contribution in [3.05, 3.63) is 24.3 Å². The van der Waals surface area contributed by atoms with E-state index in [0.29, 0.717) is 6.42 Å². The monoisotopic (exact) mass is 778 g/mol. The summed E-state index contributed by atoms with van der Waals surface area (Å²) in [7, 11) is -5.08. The fourth-order valence-electron chi connectivity index (χ4n) is 6.45. The zero-order valence-corrected chi connectivity index (χ0v) is 33.6. The van der Waals surface area contributed by atoms with Gasteiger partial charge < -0.3 is 35.2 Å². The minimum atomic E-state index is -5.08. The maximum Gasteiger partial charge on any atom is 0.397 e. The Labute approximate surface area is 321 Å². The summed E-state index contributed by atoms with van der Waals surface area (Å²) in [4.78, 5) is 12.9. The second-order valence-electron chi connectivity index (χ2n) is 14.6. The van der Waals surface area contributed by atoms with E-state index in [1.54, 1.807) is 6.08 Å². The maximum atomic E-state index is 12.9. The Morgan fingerprint density at radius 3 is 1.72 bits per heavy atom. The second kappa shape index (κ2) is 31.7. The third-order valence-electron chi connectivity index (χ3n) is 9.73. The highest BCUT2D eigenvalue weighted by Crippen LogP contribution is 2.26. The number of allylic oxidation sites excluding steroid dienone is 3. The molecule has 0 radical (unpaired) electrons. The van der Waals surface area contributed by atoms with Crippen LogP contribution in [0.1, 0.15) is 168 Å². The molecule has 13 heteroatoms. The topological polar surface area (TPSA) is 192 Å². The van der Waals surface area contributed by atoms with Crippen molar-refractivity contribution in [3.63, 3.8) is 0 Å². The molecule has 53 heavy (non-hydrogen) atoms. The Morgan fingerprint density at radius 1 is 0.736 bits per heavy atom. The fourth-order valence-corrected chi connectivity index (χ4v) is 6.96. The molecule has 1 amide bonds. The number of carbonyl (C=O) groups excluding carboxylic acids is 1. The number of hydrogen-bond donors (Lipinski definition) is 6. The van der Waals surface area contributed by atoms with Crippen LogP contribution in [0.5, 0.6) is 0 Å². The highest BCUT2D eigenvalue weighted by atomic mass is 32.3. The van der Waals surface area contributed by atoms with Crippen molar-refractivity contribution in [1.82, 2.24) is 5.32 Å². The molecule has 0 aliphatic carbocycles. The Bertz CT molecular complexity index is 1060. The van der Waals surface area contributed by atoms with Gasteiger partial charge in [0.15, 0.2) is 6.29 Å². The van der Waals surface area contributed by atoms with Crippen LogP contribution >= 0.6 is 0 Å². The van der Waals surface area contributed by atoms with Crippen LogP contribution in [0.2, 0.25) is 0 Å². The van der Waals surface area contributed by atoms with Crippen molar-refractivity contribution in [2.24, 2.45) is 0 Å². The van der Waals surface area contributed by atoms with Crippen molar-refractivity contribution in [2.45, 2.75) is 211 Å². The Balaban J connectivity index is 2.59. The maximum absolute atomic E-state index is 12.9. The summed E-state index contributed by atoms with van der Waals surface area (Å²) in [5.74, 6) is -0.271. The van der Waals surface area contributed by atoms with Gasteiger partial charge in [0.2, 0.25) is 5.91 Å². The molecule has 0 bridgehead atoms. The molecule has 312 valence electrons. The molecule has 1 aliphatic heterocycles. The molecule has 1 heterocycles. The quantitative estimate of drug-likeness (QED) is 0.0224. The van der Waals surface area contributed by atoms with E-state index in [4.69, 9.17) is 14.0 Å². The van der Waals surface area contributed by atoms with Crippen molar-refractivity contribution in [1.29, 1.82) is 0 Å². The predicted molar refractivity (Wildman–Crippen MR) is 209 cm³/mol. The van der Waals surface area contributed by atoms with E-state index < -0.39 is 59.9 Å². The van der Waals surface area contributed by atoms with E-state index in [1.165, 1.54) is 96.3 Å². The average molecular weight is 778 g/mol. The molecule has 0 saturated carbocycles. The SMILES string of the molecule is CCCCCC/C=C\CCCCCCCCCC(=O)NC(COC1OC(CO)C(O)C(OS(=O)(=O)O)C1O)C(O)/C=C/CCCCCCCCCCC. The van der Waals surface area contributed by atoms with Crippen LogP contribution in [0.3, 0.4) is 0 Å². The van der Waals surface area contributed by atoms with E-state index in [-0.39, 0.29) is 18.9 Å². The summed E-state index contributed by atoms with van der Waals surface area (Å²) in [6, 6.07) is -0.941. The number of amides is 1. The van der Waals surface area contributed by atoms with E-state index >= 15 is 0 Å². The first-order chi connectivity index (χ1) is 25.5. The van der Waals surface area contributed by atoms with Gasteiger partial charge in [-0.3, -0.25) is 9.35 Å². The third-order valence-corrected chi connectivity index (χ3v) is 10.2. The normalized spacial score (nSPS) is 22.1. The lowest BCUT2D eigenvalue weighted by molar-refractivity contribution is -0.298. The number of rotatable bonds is 34. The van der Waals surface area contributed by atoms with Gasteiger partial charge in [0.1, 0.15) is 24.4 Å². The largest absolute Gasteiger partial charge is 0.397 e. The van der Waals surface area contributed by atoms with E-state index in [9.17, 15) is 33.6 Å². The van der Waals surface area contributed by atoms with E-state index in [0.717, 1.165) is 44.9 Å². The number of unbranched alkanes of at least 4 members (excludes halogenated alkanes) is 20. The lowest BCUT2D eigenvalue weighted by Gasteiger charge is -2.41. The van der Waals surface area contributed by atoms with Gasteiger partial charge in [-0.2, -0.15) is 8.42 Å². The minimum Gasteiger partial charge on any atom is -0.394 e. The summed E-state index contributed by atoms with van der Waals surface area (Å²) in [6.07, 6.45) is 25.1. The van der Waals surface area contributed by atoms with Crippen molar-refractivity contribution in [3.8, 4) is 0 Å². The Hall–Kier alpha value is -1.42. The molecule has 7 atom stereocenters. The first kappa shape index (κ1) is 49.6. The van der Waals surface area contributed by atoms with Gasteiger partial charge in [0.05, 0.1) is 25.4 Å². The number of aliphatic hydroxyl groups excluding tert-OH is 4. The van der Waals surface area contributed by atoms with Gasteiger partial charge in [-0.25, -0.2) is 4.18 Å². The van der Waals surface area contributed by atoms with E-state index in [1.807, 2.05) is 6.08 Å². The van der Waals surface area contributed by atoms with Gasteiger partial charge in [0, 0.05) is 6.42 Å². The smallest absolute Gasteiger partial charge is 0.394 e. The zero-order valence-electron chi connectivity index (χ0n) is 32.8. The molecule has 0 aromatic heterocycles. The van der Waals surface area contributed by atoms with Crippen LogP contribution < -0.4 is 5.32 Å². The summed E-state index contributed by atoms with van der Waals surface area (Å²) in [6.45, 7) is 3.33. The second-order valence-corrected chi connectivity index (χ2v) is 15.6. The van der Waals surface area contributed by atoms with Gasteiger partial charge >= 0.3 is 10.4 Å². The van der Waals surface area contributed by atoms with Crippen molar-refractivity contribution < 1.29 is 51.8 Å². The Morgan fingerprint density at radius 2 is 1.21 bits per heavy atom. The summed E-state index contributed by atoms with van der Waals surface area (Å²) < 4.78 is 47.4. The molecule has 1 rings (SSSR count). The van der Waals surface area contributed by atoms with Crippen molar-refractivity contribution in [2.75, 3.05) is 13.2 Å². The minimum absolute atomic E-state index is 0.264. The Kier molecular flexibility index (Phi) is 29.7. The van der Waals surface area contributed by atoms with Crippen molar-refractivity contribution >= 4 is 16.3 Å².